The Morgan fingerprint density at radius 1 is 1.18 bits per heavy atom. The molecule has 3 aromatic rings. The first-order valence-electron chi connectivity index (χ1n) is 16.6. The van der Waals surface area contributed by atoms with Crippen molar-refractivity contribution < 1.29 is 18.7 Å². The van der Waals surface area contributed by atoms with Gasteiger partial charge in [-0.15, -0.1) is 0 Å². The summed E-state index contributed by atoms with van der Waals surface area (Å²) in [5, 5.41) is 7.09. The van der Waals surface area contributed by atoms with Crippen LogP contribution in [0.5, 0.6) is 5.75 Å². The van der Waals surface area contributed by atoms with E-state index in [-0.39, 0.29) is 11.7 Å². The molecular formula is C36H44FN5O3. The summed E-state index contributed by atoms with van der Waals surface area (Å²) in [7, 11) is 2.22. The zero-order valence-corrected chi connectivity index (χ0v) is 26.4. The fraction of sp³-hybridized carbons (Fsp3) is 0.528. The molecule has 238 valence electrons. The zero-order valence-electron chi connectivity index (χ0n) is 26.4. The second-order valence-electron chi connectivity index (χ2n) is 13.9. The number of nitrogens with one attached hydrogen (secondary N) is 2. The van der Waals surface area contributed by atoms with Crippen LogP contribution in [0.2, 0.25) is 0 Å². The molecule has 3 atom stereocenters. The first kappa shape index (κ1) is 30.1. The maximum Gasteiger partial charge on any atom is 0.248 e. The number of rotatable bonds is 10. The van der Waals surface area contributed by atoms with Gasteiger partial charge in [-0.3, -0.25) is 4.79 Å². The second-order valence-corrected chi connectivity index (χ2v) is 13.9. The first-order valence-corrected chi connectivity index (χ1v) is 16.6. The van der Waals surface area contributed by atoms with E-state index in [9.17, 15) is 9.18 Å². The summed E-state index contributed by atoms with van der Waals surface area (Å²) in [5.41, 5.74) is 3.07. The highest BCUT2D eigenvalue weighted by Crippen LogP contribution is 2.53. The topological polar surface area (TPSA) is 88.6 Å². The van der Waals surface area contributed by atoms with Crippen molar-refractivity contribution in [3.63, 3.8) is 0 Å². The Balaban J connectivity index is 1.06. The van der Waals surface area contributed by atoms with Gasteiger partial charge in [0.05, 0.1) is 30.0 Å². The summed E-state index contributed by atoms with van der Waals surface area (Å²) in [4.78, 5) is 24.6. The zero-order chi connectivity index (χ0) is 31.0. The predicted octanol–water partition coefficient (Wildman–Crippen LogP) is 7.16. The lowest BCUT2D eigenvalue weighted by atomic mass is 9.57. The molecule has 2 aromatic carbocycles. The number of allylic oxidation sites excluding steroid dienone is 1. The SMILES string of the molecule is Cc1cc(Nc2ncnc3cc(OCCC4CC5(CCN(C)CC5)C4)c(NC(=O)/C=C/CC4CC5CCC4O5)cc23)ccc1F. The third-order valence-electron chi connectivity index (χ3n) is 10.6. The molecule has 3 unspecified atom stereocenters. The molecular weight excluding hydrogens is 569 g/mol. The van der Waals surface area contributed by atoms with Crippen molar-refractivity contribution in [2.75, 3.05) is 37.4 Å². The maximum absolute atomic E-state index is 13.9. The highest BCUT2D eigenvalue weighted by Gasteiger charge is 2.45. The van der Waals surface area contributed by atoms with Gasteiger partial charge in [0, 0.05) is 17.1 Å². The van der Waals surface area contributed by atoms with Crippen LogP contribution >= 0.6 is 0 Å². The molecule has 0 radical (unpaired) electrons. The third kappa shape index (κ3) is 6.70. The molecule has 1 aliphatic carbocycles. The lowest BCUT2D eigenvalue weighted by molar-refractivity contribution is -0.111. The minimum absolute atomic E-state index is 0.202. The number of piperidine rings is 1. The van der Waals surface area contributed by atoms with E-state index in [0.29, 0.717) is 64.4 Å². The van der Waals surface area contributed by atoms with E-state index in [2.05, 4.69) is 32.5 Å². The van der Waals surface area contributed by atoms with Gasteiger partial charge in [0.2, 0.25) is 5.91 Å². The van der Waals surface area contributed by atoms with Crippen LogP contribution in [0.3, 0.4) is 0 Å². The number of fused-ring (bicyclic) bond motifs is 3. The Bertz CT molecular complexity index is 1580. The molecule has 1 amide bonds. The number of halogens is 1. The lowest BCUT2D eigenvalue weighted by Gasteiger charge is -2.52. The minimum atomic E-state index is -0.260. The molecule has 3 saturated heterocycles. The summed E-state index contributed by atoms with van der Waals surface area (Å²) >= 11 is 0. The normalized spacial score (nSPS) is 24.4. The number of carbonyl (C=O) groups is 1. The number of amides is 1. The van der Waals surface area contributed by atoms with Crippen LogP contribution < -0.4 is 15.4 Å². The van der Waals surface area contributed by atoms with Gasteiger partial charge in [-0.05, 0) is 138 Å². The molecule has 4 fully saturated rings. The number of hydrogen-bond acceptors (Lipinski definition) is 7. The Morgan fingerprint density at radius 2 is 2.02 bits per heavy atom. The highest BCUT2D eigenvalue weighted by molar-refractivity contribution is 6.03. The van der Waals surface area contributed by atoms with Crippen LogP contribution in [0, 0.1) is 30.0 Å². The minimum Gasteiger partial charge on any atom is -0.491 e. The summed E-state index contributed by atoms with van der Waals surface area (Å²) in [6.07, 6.45) is 16.2. The quantitative estimate of drug-likeness (QED) is 0.235. The van der Waals surface area contributed by atoms with Crippen LogP contribution in [0.25, 0.3) is 10.9 Å². The van der Waals surface area contributed by atoms with Gasteiger partial charge in [-0.2, -0.15) is 0 Å². The van der Waals surface area contributed by atoms with E-state index >= 15 is 0 Å². The monoisotopic (exact) mass is 613 g/mol. The van der Waals surface area contributed by atoms with Crippen LogP contribution in [0.4, 0.5) is 21.6 Å². The molecule has 4 aliphatic rings. The van der Waals surface area contributed by atoms with E-state index in [1.165, 1.54) is 51.2 Å². The molecule has 8 nitrogen and oxygen atoms in total. The van der Waals surface area contributed by atoms with Gasteiger partial charge in [0.15, 0.2) is 0 Å². The number of anilines is 3. The third-order valence-corrected chi connectivity index (χ3v) is 10.6. The molecule has 1 aromatic heterocycles. The molecule has 1 spiro atoms. The predicted molar refractivity (Wildman–Crippen MR) is 174 cm³/mol. The second kappa shape index (κ2) is 12.7. The fourth-order valence-electron chi connectivity index (χ4n) is 7.98. The van der Waals surface area contributed by atoms with E-state index in [1.807, 2.05) is 18.2 Å². The fourth-order valence-corrected chi connectivity index (χ4v) is 7.98. The summed E-state index contributed by atoms with van der Waals surface area (Å²) in [5.74, 6) is 1.88. The van der Waals surface area contributed by atoms with Crippen LogP contribution in [0.15, 0.2) is 48.8 Å². The molecule has 9 heteroatoms. The summed E-state index contributed by atoms with van der Waals surface area (Å²) in [6.45, 7) is 4.71. The molecule has 1 saturated carbocycles. The van der Waals surface area contributed by atoms with Crippen molar-refractivity contribution in [3.8, 4) is 5.75 Å². The summed E-state index contributed by atoms with van der Waals surface area (Å²) in [6, 6.07) is 8.60. The number of aromatic nitrogens is 2. The van der Waals surface area contributed by atoms with E-state index in [4.69, 9.17) is 9.47 Å². The van der Waals surface area contributed by atoms with E-state index < -0.39 is 0 Å². The number of likely N-dealkylation sites (tertiary alicyclic amines) is 1. The van der Waals surface area contributed by atoms with Gasteiger partial charge in [-0.25, -0.2) is 14.4 Å². The Morgan fingerprint density at radius 3 is 2.78 bits per heavy atom. The Kier molecular flexibility index (Phi) is 8.48. The van der Waals surface area contributed by atoms with Crippen molar-refractivity contribution in [3.05, 3.63) is 60.2 Å². The number of carbonyl (C=O) groups excluding carboxylic acids is 1. The van der Waals surface area contributed by atoms with Gasteiger partial charge in [-0.1, -0.05) is 6.08 Å². The number of nitrogens with zero attached hydrogens (tertiary/aromatic N) is 3. The number of aryl methyl sites for hydroxylation is 1. The maximum atomic E-state index is 13.9. The molecule has 45 heavy (non-hydrogen) atoms. The standard InChI is InChI=1S/C36H44FN5O3/c1-23-16-26(6-8-29(23)37)40-35-28-18-31(41-34(43)5-3-4-25-17-27-7-9-32(25)45-27)33(19-30(28)38-22-39-35)44-15-10-24-20-36(21-24)11-13-42(2)14-12-36/h3,5-6,8,16,18-19,22,24-25,27,32H,4,7,9-15,17,20-21H2,1-2H3,(H,41,43)(H,38,39,40)/b5-3+. The van der Waals surface area contributed by atoms with Gasteiger partial charge >= 0.3 is 0 Å². The van der Waals surface area contributed by atoms with E-state index in [1.54, 1.807) is 25.1 Å². The average molecular weight is 614 g/mol. The van der Waals surface area contributed by atoms with Crippen LogP contribution in [-0.4, -0.2) is 59.7 Å². The lowest BCUT2D eigenvalue weighted by Crippen LogP contribution is -2.46. The number of hydrogen-bond donors (Lipinski definition) is 2. The van der Waals surface area contributed by atoms with Crippen molar-refractivity contribution in [1.29, 1.82) is 0 Å². The van der Waals surface area contributed by atoms with Gasteiger partial charge in [0.25, 0.3) is 0 Å². The van der Waals surface area contributed by atoms with Crippen molar-refractivity contribution >= 4 is 34.0 Å². The van der Waals surface area contributed by atoms with Crippen LogP contribution in [-0.2, 0) is 9.53 Å². The average Bonchev–Trinajstić information content (AvgIpc) is 3.64. The van der Waals surface area contributed by atoms with Crippen LogP contribution in [0.1, 0.15) is 63.4 Å². The Labute approximate surface area is 264 Å². The van der Waals surface area contributed by atoms with Crippen molar-refractivity contribution in [2.24, 2.45) is 17.3 Å². The summed E-state index contributed by atoms with van der Waals surface area (Å²) < 4.78 is 26.2. The highest BCUT2D eigenvalue weighted by atomic mass is 19.1. The van der Waals surface area contributed by atoms with Gasteiger partial charge < -0.3 is 25.0 Å². The Hall–Kier alpha value is -3.56. The largest absolute Gasteiger partial charge is 0.491 e. The first-order chi connectivity index (χ1) is 21.8. The van der Waals surface area contributed by atoms with Crippen molar-refractivity contribution in [1.82, 2.24) is 14.9 Å². The van der Waals surface area contributed by atoms with E-state index in [0.717, 1.165) is 43.2 Å². The molecule has 7 rings (SSSR count). The number of ether oxygens (including phenoxy) is 2. The smallest absolute Gasteiger partial charge is 0.248 e. The molecule has 4 heterocycles. The van der Waals surface area contributed by atoms with Crippen molar-refractivity contribution in [2.45, 2.75) is 76.9 Å². The number of benzene rings is 2. The molecule has 2 bridgehead atoms. The molecule has 2 N–H and O–H groups in total. The van der Waals surface area contributed by atoms with Gasteiger partial charge in [0.1, 0.15) is 23.7 Å². The molecule has 3 aliphatic heterocycles.